The molecule has 4 aromatic rings. The van der Waals surface area contributed by atoms with Gasteiger partial charge in [0.1, 0.15) is 30.3 Å². The Kier molecular flexibility index (Phi) is 6.23. The predicted molar refractivity (Wildman–Crippen MR) is 116 cm³/mol. The van der Waals surface area contributed by atoms with E-state index < -0.39 is 48.4 Å². The van der Waals surface area contributed by atoms with Gasteiger partial charge in [-0.15, -0.1) is 15.3 Å². The molecule has 2 N–H and O–H groups in total. The molecule has 4 unspecified atom stereocenters. The second-order valence-corrected chi connectivity index (χ2v) is 8.20. The van der Waals surface area contributed by atoms with Gasteiger partial charge in [0.05, 0.1) is 30.5 Å². The molecule has 3 heterocycles. The van der Waals surface area contributed by atoms with Gasteiger partial charge in [-0.1, -0.05) is 11.3 Å². The molecule has 184 valence electrons. The van der Waals surface area contributed by atoms with Gasteiger partial charge in [-0.2, -0.15) is 5.26 Å². The lowest BCUT2D eigenvalue weighted by Crippen LogP contribution is -2.45. The SMILES string of the molecule is N#Cc1cccc(-n2cnnc2C2CC(n3cc(-c4cc(F)c(F)c(F)c4)nn3)C(O)C(CO)O2)c1. The van der Waals surface area contributed by atoms with Crippen molar-refractivity contribution in [2.45, 2.75) is 30.8 Å². The quantitative estimate of drug-likeness (QED) is 0.401. The van der Waals surface area contributed by atoms with Crippen molar-refractivity contribution in [3.63, 3.8) is 0 Å². The topological polar surface area (TPSA) is 135 Å². The molecule has 0 radical (unpaired) electrons. The smallest absolute Gasteiger partial charge is 0.194 e. The molecule has 10 nitrogen and oxygen atoms in total. The molecule has 4 atom stereocenters. The number of ether oxygens (including phenoxy) is 1. The van der Waals surface area contributed by atoms with Crippen molar-refractivity contribution in [3.05, 3.63) is 77.8 Å². The van der Waals surface area contributed by atoms with Crippen molar-refractivity contribution in [1.82, 2.24) is 29.8 Å². The molecule has 36 heavy (non-hydrogen) atoms. The number of hydrogen-bond donors (Lipinski definition) is 2. The molecule has 2 aromatic heterocycles. The molecule has 13 heteroatoms. The maximum atomic E-state index is 13.7. The molecule has 2 aromatic carbocycles. The minimum atomic E-state index is -1.59. The van der Waals surface area contributed by atoms with Gasteiger partial charge in [-0.25, -0.2) is 17.9 Å². The molecule has 1 saturated heterocycles. The Morgan fingerprint density at radius 1 is 1.14 bits per heavy atom. The highest BCUT2D eigenvalue weighted by Gasteiger charge is 2.41. The van der Waals surface area contributed by atoms with E-state index in [4.69, 9.17) is 4.74 Å². The number of nitriles is 1. The summed E-state index contributed by atoms with van der Waals surface area (Å²) < 4.78 is 49.6. The van der Waals surface area contributed by atoms with E-state index in [1.807, 2.05) is 0 Å². The van der Waals surface area contributed by atoms with Gasteiger partial charge < -0.3 is 14.9 Å². The summed E-state index contributed by atoms with van der Waals surface area (Å²) in [7, 11) is 0. The average molecular weight is 497 g/mol. The number of rotatable bonds is 5. The van der Waals surface area contributed by atoms with Crippen LogP contribution in [0.25, 0.3) is 16.9 Å². The van der Waals surface area contributed by atoms with Crippen molar-refractivity contribution < 1.29 is 28.1 Å². The van der Waals surface area contributed by atoms with Crippen LogP contribution in [0.3, 0.4) is 0 Å². The van der Waals surface area contributed by atoms with E-state index in [2.05, 4.69) is 26.6 Å². The highest BCUT2D eigenvalue weighted by atomic mass is 19.2. The predicted octanol–water partition coefficient (Wildman–Crippen LogP) is 2.24. The van der Waals surface area contributed by atoms with Crippen LogP contribution >= 0.6 is 0 Å². The summed E-state index contributed by atoms with van der Waals surface area (Å²) in [6, 6.07) is 9.66. The number of benzene rings is 2. The molecule has 0 aliphatic carbocycles. The number of hydrogen-bond acceptors (Lipinski definition) is 8. The summed E-state index contributed by atoms with van der Waals surface area (Å²) >= 11 is 0. The van der Waals surface area contributed by atoms with Crippen LogP contribution in [-0.4, -0.2) is 58.8 Å². The highest BCUT2D eigenvalue weighted by molar-refractivity contribution is 5.58. The lowest BCUT2D eigenvalue weighted by Gasteiger charge is -2.38. The van der Waals surface area contributed by atoms with Crippen molar-refractivity contribution in [2.24, 2.45) is 0 Å². The lowest BCUT2D eigenvalue weighted by molar-refractivity contribution is -0.161. The van der Waals surface area contributed by atoms with Gasteiger partial charge in [0.15, 0.2) is 23.3 Å². The zero-order valence-corrected chi connectivity index (χ0v) is 18.4. The van der Waals surface area contributed by atoms with E-state index in [1.165, 1.54) is 17.2 Å². The Morgan fingerprint density at radius 3 is 2.64 bits per heavy atom. The summed E-state index contributed by atoms with van der Waals surface area (Å²) in [5.41, 5.74) is 1.07. The normalized spacial score (nSPS) is 21.9. The largest absolute Gasteiger partial charge is 0.394 e. The van der Waals surface area contributed by atoms with Crippen LogP contribution in [0.2, 0.25) is 0 Å². The molecule has 1 fully saturated rings. The standard InChI is InChI=1S/C23H18F3N7O3/c24-15-5-13(6-16(25)21(15)26)17-9-33(31-29-17)18-7-19(36-20(10-34)22(18)35)23-30-28-11-32(23)14-3-1-2-12(4-14)8-27/h1-6,9,11,18-20,22,34-35H,7,10H2. The monoisotopic (exact) mass is 497 g/mol. The summed E-state index contributed by atoms with van der Waals surface area (Å²) in [4.78, 5) is 0. The van der Waals surface area contributed by atoms with Crippen LogP contribution in [0.4, 0.5) is 13.2 Å². The van der Waals surface area contributed by atoms with Crippen molar-refractivity contribution in [1.29, 1.82) is 5.26 Å². The molecule has 0 spiro atoms. The zero-order chi connectivity index (χ0) is 25.4. The summed E-state index contributed by atoms with van der Waals surface area (Å²) in [6.07, 6.45) is -0.0362. The Hall–Kier alpha value is -4.12. The van der Waals surface area contributed by atoms with E-state index in [9.17, 15) is 28.6 Å². The van der Waals surface area contributed by atoms with Crippen molar-refractivity contribution >= 4 is 0 Å². The molecular weight excluding hydrogens is 479 g/mol. The number of halogens is 3. The second-order valence-electron chi connectivity index (χ2n) is 8.20. The van der Waals surface area contributed by atoms with E-state index >= 15 is 0 Å². The molecule has 0 amide bonds. The van der Waals surface area contributed by atoms with Crippen LogP contribution in [0.5, 0.6) is 0 Å². The van der Waals surface area contributed by atoms with Gasteiger partial charge in [0.25, 0.3) is 0 Å². The molecule has 0 bridgehead atoms. The third-order valence-electron chi connectivity index (χ3n) is 5.99. The fourth-order valence-electron chi connectivity index (χ4n) is 4.20. The van der Waals surface area contributed by atoms with E-state index in [-0.39, 0.29) is 17.7 Å². The summed E-state index contributed by atoms with van der Waals surface area (Å²) in [5.74, 6) is -3.97. The molecule has 1 aliphatic rings. The second kappa shape index (κ2) is 9.50. The first-order chi connectivity index (χ1) is 17.4. The van der Waals surface area contributed by atoms with Crippen molar-refractivity contribution in [2.75, 3.05) is 6.61 Å². The van der Waals surface area contributed by atoms with Crippen LogP contribution in [-0.2, 0) is 4.74 Å². The first kappa shape index (κ1) is 23.6. The number of nitrogens with zero attached hydrogens (tertiary/aromatic N) is 7. The highest BCUT2D eigenvalue weighted by Crippen LogP contribution is 2.38. The number of aliphatic hydroxyl groups excluding tert-OH is 2. The minimum Gasteiger partial charge on any atom is -0.394 e. The van der Waals surface area contributed by atoms with Crippen LogP contribution < -0.4 is 0 Å². The Morgan fingerprint density at radius 2 is 1.92 bits per heavy atom. The van der Waals surface area contributed by atoms with Gasteiger partial charge >= 0.3 is 0 Å². The van der Waals surface area contributed by atoms with Gasteiger partial charge in [-0.05, 0) is 30.3 Å². The molecule has 1 aliphatic heterocycles. The number of aliphatic hydroxyl groups is 2. The van der Waals surface area contributed by atoms with E-state index in [0.717, 1.165) is 12.1 Å². The Balaban J connectivity index is 1.47. The lowest BCUT2D eigenvalue weighted by atomic mass is 9.95. The first-order valence-electron chi connectivity index (χ1n) is 10.8. The third kappa shape index (κ3) is 4.22. The fourth-order valence-corrected chi connectivity index (χ4v) is 4.20. The number of aromatic nitrogens is 6. The molecule has 5 rings (SSSR count). The summed E-state index contributed by atoms with van der Waals surface area (Å²) in [6.45, 7) is -0.512. The fraction of sp³-hybridized carbons (Fsp3) is 0.261. The van der Waals surface area contributed by atoms with Crippen molar-refractivity contribution in [3.8, 4) is 23.0 Å². The van der Waals surface area contributed by atoms with Crippen LogP contribution in [0.1, 0.15) is 30.0 Å². The van der Waals surface area contributed by atoms with Crippen LogP contribution in [0, 0.1) is 28.8 Å². The maximum absolute atomic E-state index is 13.7. The summed E-state index contributed by atoms with van der Waals surface area (Å²) in [5, 5.41) is 45.9. The zero-order valence-electron chi connectivity index (χ0n) is 18.4. The third-order valence-corrected chi connectivity index (χ3v) is 5.99. The molecule has 0 saturated carbocycles. The van der Waals surface area contributed by atoms with Gasteiger partial charge in [-0.3, -0.25) is 4.57 Å². The maximum Gasteiger partial charge on any atom is 0.194 e. The molecular formula is C23H18F3N7O3. The van der Waals surface area contributed by atoms with Gasteiger partial charge in [0.2, 0.25) is 0 Å². The van der Waals surface area contributed by atoms with E-state index in [1.54, 1.807) is 28.8 Å². The van der Waals surface area contributed by atoms with E-state index in [0.29, 0.717) is 17.1 Å². The minimum absolute atomic E-state index is 0.0356. The first-order valence-corrected chi connectivity index (χ1v) is 10.8. The van der Waals surface area contributed by atoms with Gasteiger partial charge in [0, 0.05) is 17.7 Å². The Bertz CT molecular complexity index is 1430. The average Bonchev–Trinajstić information content (AvgIpc) is 3.58. The Labute approximate surface area is 201 Å². The van der Waals surface area contributed by atoms with Crippen LogP contribution in [0.15, 0.2) is 48.9 Å².